The zero-order valence-corrected chi connectivity index (χ0v) is 13.1. The number of thiophene rings is 1. The third-order valence-electron chi connectivity index (χ3n) is 4.21. The normalized spacial score (nSPS) is 18.1. The Morgan fingerprint density at radius 2 is 2.05 bits per heavy atom. The second-order valence-corrected chi connectivity index (χ2v) is 7.55. The van der Waals surface area contributed by atoms with Crippen molar-refractivity contribution in [3.8, 4) is 6.07 Å². The third-order valence-corrected chi connectivity index (χ3v) is 5.33. The lowest BCUT2D eigenvalue weighted by molar-refractivity contribution is 0.0956. The first-order valence-corrected chi connectivity index (χ1v) is 8.15. The van der Waals surface area contributed by atoms with Gasteiger partial charge in [-0.3, -0.25) is 4.79 Å². The maximum absolute atomic E-state index is 12.2. The van der Waals surface area contributed by atoms with Gasteiger partial charge in [-0.25, -0.2) is 0 Å². The number of hydrogen-bond donors (Lipinski definition) is 3. The molecular weight excluding hydrogens is 284 g/mol. The van der Waals surface area contributed by atoms with E-state index in [0.29, 0.717) is 27.0 Å². The second-order valence-electron chi connectivity index (χ2n) is 6.53. The molecule has 0 unspecified atom stereocenters. The summed E-state index contributed by atoms with van der Waals surface area (Å²) in [6, 6.07) is 2.41. The van der Waals surface area contributed by atoms with E-state index in [1.807, 2.05) is 0 Å². The molecule has 3 rings (SSSR count). The van der Waals surface area contributed by atoms with Crippen LogP contribution in [0.15, 0.2) is 0 Å². The van der Waals surface area contributed by atoms with Crippen molar-refractivity contribution in [1.82, 2.24) is 5.32 Å². The molecule has 1 heterocycles. The number of nitrogens with two attached hydrogens (primary N) is 1. The van der Waals surface area contributed by atoms with Gasteiger partial charge in [-0.15, -0.1) is 11.3 Å². The monoisotopic (exact) mass is 304 g/mol. The Morgan fingerprint density at radius 3 is 2.57 bits per heavy atom. The van der Waals surface area contributed by atoms with E-state index in [4.69, 9.17) is 5.73 Å². The number of amides is 1. The van der Waals surface area contributed by atoms with E-state index in [-0.39, 0.29) is 17.5 Å². The first-order chi connectivity index (χ1) is 9.92. The van der Waals surface area contributed by atoms with E-state index >= 15 is 0 Å². The molecule has 0 radical (unpaired) electrons. The van der Waals surface area contributed by atoms with Gasteiger partial charge in [-0.1, -0.05) is 0 Å². The molecule has 2 aliphatic rings. The smallest absolute Gasteiger partial charge is 0.263 e. The van der Waals surface area contributed by atoms with Gasteiger partial charge in [0.2, 0.25) is 0 Å². The first-order valence-electron chi connectivity index (χ1n) is 7.33. The quantitative estimate of drug-likeness (QED) is 0.780. The van der Waals surface area contributed by atoms with Crippen LogP contribution in [0.2, 0.25) is 0 Å². The average molecular weight is 304 g/mol. The first kappa shape index (κ1) is 14.2. The molecule has 2 aliphatic carbocycles. The highest BCUT2D eigenvalue weighted by Crippen LogP contribution is 2.44. The highest BCUT2D eigenvalue weighted by Gasteiger charge is 2.39. The van der Waals surface area contributed by atoms with Crippen molar-refractivity contribution in [3.63, 3.8) is 0 Å². The molecule has 0 aliphatic heterocycles. The molecule has 1 aromatic heterocycles. The lowest BCUT2D eigenvalue weighted by Crippen LogP contribution is -2.33. The minimum Gasteiger partial charge on any atom is -0.396 e. The molecule has 5 nitrogen and oxygen atoms in total. The number of nitrogen functional groups attached to an aromatic ring is 1. The minimum absolute atomic E-state index is 0.0763. The Balaban J connectivity index is 1.85. The van der Waals surface area contributed by atoms with Crippen molar-refractivity contribution in [2.24, 2.45) is 5.92 Å². The summed E-state index contributed by atoms with van der Waals surface area (Å²) in [5, 5.41) is 16.4. The molecule has 0 bridgehead atoms. The molecule has 0 aromatic carbocycles. The molecular formula is C15H20N4OS. The van der Waals surface area contributed by atoms with Crippen LogP contribution < -0.4 is 16.4 Å². The Hall–Kier alpha value is -1.74. The van der Waals surface area contributed by atoms with Gasteiger partial charge in [0.25, 0.3) is 5.91 Å². The van der Waals surface area contributed by atoms with E-state index < -0.39 is 0 Å². The summed E-state index contributed by atoms with van der Waals surface area (Å²) >= 11 is 1.29. The Bertz CT molecular complexity index is 620. The molecule has 0 saturated heterocycles. The molecule has 1 amide bonds. The summed E-state index contributed by atoms with van der Waals surface area (Å²) in [6.45, 7) is 4.26. The van der Waals surface area contributed by atoms with Gasteiger partial charge in [0.15, 0.2) is 0 Å². The summed E-state index contributed by atoms with van der Waals surface area (Å²) in [5.74, 6) is 0.463. The van der Waals surface area contributed by atoms with Crippen molar-refractivity contribution in [3.05, 3.63) is 10.4 Å². The van der Waals surface area contributed by atoms with Crippen LogP contribution in [0, 0.1) is 17.2 Å². The van der Waals surface area contributed by atoms with Crippen LogP contribution >= 0.6 is 11.3 Å². The molecule has 4 N–H and O–H groups in total. The van der Waals surface area contributed by atoms with Crippen LogP contribution in [0.4, 0.5) is 10.7 Å². The zero-order chi connectivity index (χ0) is 15.2. The Morgan fingerprint density at radius 1 is 1.38 bits per heavy atom. The highest BCUT2D eigenvalue weighted by atomic mass is 32.1. The van der Waals surface area contributed by atoms with Crippen LogP contribution in [-0.2, 0) is 0 Å². The lowest BCUT2D eigenvalue weighted by atomic mass is 9.99. The molecule has 112 valence electrons. The summed E-state index contributed by atoms with van der Waals surface area (Å²) in [6.07, 6.45) is 4.47. The van der Waals surface area contributed by atoms with Crippen molar-refractivity contribution >= 4 is 27.9 Å². The summed E-state index contributed by atoms with van der Waals surface area (Å²) < 4.78 is 0. The predicted octanol–water partition coefficient (Wildman–Crippen LogP) is 2.69. The number of nitriles is 1. The van der Waals surface area contributed by atoms with E-state index in [1.54, 1.807) is 0 Å². The zero-order valence-electron chi connectivity index (χ0n) is 12.3. The van der Waals surface area contributed by atoms with E-state index in [9.17, 15) is 10.1 Å². The second kappa shape index (κ2) is 4.92. The fourth-order valence-corrected chi connectivity index (χ4v) is 3.63. The van der Waals surface area contributed by atoms with Crippen molar-refractivity contribution in [2.75, 3.05) is 11.1 Å². The van der Waals surface area contributed by atoms with Crippen LogP contribution in [0.1, 0.15) is 54.8 Å². The highest BCUT2D eigenvalue weighted by molar-refractivity contribution is 7.19. The average Bonchev–Trinajstić information content (AvgIpc) is 3.28. The van der Waals surface area contributed by atoms with Gasteiger partial charge in [0.1, 0.15) is 21.5 Å². The summed E-state index contributed by atoms with van der Waals surface area (Å²) in [4.78, 5) is 12.6. The number of rotatable bonds is 5. The molecule has 2 saturated carbocycles. The van der Waals surface area contributed by atoms with Crippen LogP contribution in [0.3, 0.4) is 0 Å². The molecule has 21 heavy (non-hydrogen) atoms. The number of nitrogens with one attached hydrogen (secondary N) is 2. The molecule has 0 spiro atoms. The summed E-state index contributed by atoms with van der Waals surface area (Å²) in [7, 11) is 0. The number of carbonyl (C=O) groups is 1. The van der Waals surface area contributed by atoms with Gasteiger partial charge in [0.05, 0.1) is 5.69 Å². The molecule has 6 heteroatoms. The third kappa shape index (κ3) is 2.84. The van der Waals surface area contributed by atoms with Gasteiger partial charge in [-0.2, -0.15) is 5.26 Å². The van der Waals surface area contributed by atoms with E-state index in [1.165, 1.54) is 24.2 Å². The standard InChI is InChI=1S/C15H20N4OS/c1-15(2,8-3-4-8)19-14-10(7-16)11(17)12(21-14)13(20)18-9-5-6-9/h8-9,19H,3-6,17H2,1-2H3,(H,18,20). The summed E-state index contributed by atoms with van der Waals surface area (Å²) in [5.41, 5.74) is 6.63. The molecule has 0 atom stereocenters. The van der Waals surface area contributed by atoms with Gasteiger partial charge < -0.3 is 16.4 Å². The number of carbonyl (C=O) groups excluding carboxylic acids is 1. The number of nitrogens with zero attached hydrogens (tertiary/aromatic N) is 1. The van der Waals surface area contributed by atoms with E-state index in [0.717, 1.165) is 12.8 Å². The Kier molecular flexibility index (Phi) is 3.33. The molecule has 2 fully saturated rings. The van der Waals surface area contributed by atoms with E-state index in [2.05, 4.69) is 30.6 Å². The van der Waals surface area contributed by atoms with Gasteiger partial charge >= 0.3 is 0 Å². The maximum atomic E-state index is 12.2. The largest absolute Gasteiger partial charge is 0.396 e. The van der Waals surface area contributed by atoms with Crippen molar-refractivity contribution in [2.45, 2.75) is 51.1 Å². The maximum Gasteiger partial charge on any atom is 0.263 e. The van der Waals surface area contributed by atoms with Gasteiger partial charge in [-0.05, 0) is 45.4 Å². The number of hydrogen-bond acceptors (Lipinski definition) is 5. The fraction of sp³-hybridized carbons (Fsp3) is 0.600. The minimum atomic E-state index is -0.159. The molecule has 1 aromatic rings. The SMILES string of the molecule is CC(C)(Nc1sc(C(=O)NC2CC2)c(N)c1C#N)C1CC1. The lowest BCUT2D eigenvalue weighted by Gasteiger charge is -2.26. The van der Waals surface area contributed by atoms with Crippen LogP contribution in [0.5, 0.6) is 0 Å². The Labute approximate surface area is 128 Å². The van der Waals surface area contributed by atoms with Crippen LogP contribution in [-0.4, -0.2) is 17.5 Å². The van der Waals surface area contributed by atoms with Crippen molar-refractivity contribution in [1.29, 1.82) is 5.26 Å². The predicted molar refractivity (Wildman–Crippen MR) is 84.4 cm³/mol. The van der Waals surface area contributed by atoms with Crippen LogP contribution in [0.25, 0.3) is 0 Å². The van der Waals surface area contributed by atoms with Crippen molar-refractivity contribution < 1.29 is 4.79 Å². The van der Waals surface area contributed by atoms with Gasteiger partial charge in [0, 0.05) is 11.6 Å². The number of anilines is 2. The topological polar surface area (TPSA) is 90.9 Å². The fourth-order valence-electron chi connectivity index (χ4n) is 2.49.